The molecule has 0 aliphatic carbocycles. The van der Waals surface area contributed by atoms with Crippen LogP contribution in [0.5, 0.6) is 0 Å². The second-order valence-electron chi connectivity index (χ2n) is 5.13. The third-order valence-electron chi connectivity index (χ3n) is 3.41. The van der Waals surface area contributed by atoms with Gasteiger partial charge in [0.15, 0.2) is 0 Å². The Bertz CT molecular complexity index is 764. The van der Waals surface area contributed by atoms with Crippen molar-refractivity contribution in [3.05, 3.63) is 71.3 Å². The first-order valence-electron chi connectivity index (χ1n) is 7.29. The highest BCUT2D eigenvalue weighted by molar-refractivity contribution is 6.30. The zero-order chi connectivity index (χ0) is 16.1. The zero-order valence-corrected chi connectivity index (χ0v) is 13.2. The maximum atomic E-state index is 12.0. The van der Waals surface area contributed by atoms with Gasteiger partial charge >= 0.3 is 0 Å². The summed E-state index contributed by atoms with van der Waals surface area (Å²) in [6, 6.07) is 13.0. The molecule has 1 N–H and O–H groups in total. The van der Waals surface area contributed by atoms with Crippen LogP contribution in [-0.4, -0.2) is 15.7 Å². The number of furan rings is 1. The van der Waals surface area contributed by atoms with Crippen molar-refractivity contribution in [1.29, 1.82) is 0 Å². The number of aromatic nitrogens is 2. The van der Waals surface area contributed by atoms with E-state index in [1.165, 1.54) is 0 Å². The van der Waals surface area contributed by atoms with E-state index in [0.29, 0.717) is 30.2 Å². The Morgan fingerprint density at radius 2 is 2.04 bits per heavy atom. The predicted octanol–water partition coefficient (Wildman–Crippen LogP) is 3.75. The molecule has 0 saturated heterocycles. The van der Waals surface area contributed by atoms with Crippen LogP contribution in [0.15, 0.2) is 59.3 Å². The Labute approximate surface area is 138 Å². The van der Waals surface area contributed by atoms with Crippen LogP contribution < -0.4 is 5.32 Å². The van der Waals surface area contributed by atoms with Crippen molar-refractivity contribution in [3.63, 3.8) is 0 Å². The van der Waals surface area contributed by atoms with Crippen LogP contribution in [0.2, 0.25) is 5.02 Å². The van der Waals surface area contributed by atoms with Crippen molar-refractivity contribution in [3.8, 4) is 0 Å². The van der Waals surface area contributed by atoms with Gasteiger partial charge in [-0.2, -0.15) is 5.10 Å². The number of nitrogens with zero attached hydrogens (tertiary/aromatic N) is 2. The van der Waals surface area contributed by atoms with Gasteiger partial charge < -0.3 is 9.73 Å². The normalized spacial score (nSPS) is 10.7. The number of halogens is 1. The number of hydrogen-bond acceptors (Lipinski definition) is 3. The van der Waals surface area contributed by atoms with Crippen LogP contribution in [0.1, 0.15) is 17.7 Å². The topological polar surface area (TPSA) is 60.1 Å². The average molecular weight is 330 g/mol. The van der Waals surface area contributed by atoms with Gasteiger partial charge in [0.25, 0.3) is 0 Å². The summed E-state index contributed by atoms with van der Waals surface area (Å²) in [5, 5.41) is 7.82. The molecule has 5 nitrogen and oxygen atoms in total. The lowest BCUT2D eigenvalue weighted by Crippen LogP contribution is -2.16. The molecule has 118 valence electrons. The molecule has 23 heavy (non-hydrogen) atoms. The van der Waals surface area contributed by atoms with E-state index in [-0.39, 0.29) is 5.91 Å². The smallest absolute Gasteiger partial charge is 0.225 e. The van der Waals surface area contributed by atoms with Gasteiger partial charge in [0.05, 0.1) is 19.0 Å². The molecule has 3 rings (SSSR count). The Morgan fingerprint density at radius 3 is 2.78 bits per heavy atom. The summed E-state index contributed by atoms with van der Waals surface area (Å²) in [7, 11) is 0. The lowest BCUT2D eigenvalue weighted by molar-refractivity contribution is -0.116. The van der Waals surface area contributed by atoms with Gasteiger partial charge in [-0.3, -0.25) is 4.79 Å². The van der Waals surface area contributed by atoms with Crippen LogP contribution in [0.3, 0.4) is 0 Å². The molecule has 0 bridgehead atoms. The molecular weight excluding hydrogens is 314 g/mol. The van der Waals surface area contributed by atoms with E-state index in [2.05, 4.69) is 10.4 Å². The molecule has 0 aliphatic heterocycles. The Morgan fingerprint density at radius 1 is 1.22 bits per heavy atom. The molecule has 0 saturated carbocycles. The van der Waals surface area contributed by atoms with Gasteiger partial charge in [0.2, 0.25) is 5.91 Å². The van der Waals surface area contributed by atoms with Crippen molar-refractivity contribution >= 4 is 23.3 Å². The molecule has 1 amide bonds. The standard InChI is InChI=1S/C17H16ClN3O2/c18-14-5-3-13(4-6-14)12-21-16(9-10-19-21)20-17(22)8-7-15-2-1-11-23-15/h1-6,9-11H,7-8,12H2,(H,20,22). The monoisotopic (exact) mass is 329 g/mol. The third kappa shape index (κ3) is 4.23. The van der Waals surface area contributed by atoms with Gasteiger partial charge in [-0.05, 0) is 29.8 Å². The summed E-state index contributed by atoms with van der Waals surface area (Å²) >= 11 is 5.88. The number of aryl methyl sites for hydroxylation is 1. The summed E-state index contributed by atoms with van der Waals surface area (Å²) < 4.78 is 6.97. The molecule has 6 heteroatoms. The molecule has 1 aromatic carbocycles. The van der Waals surface area contributed by atoms with Crippen LogP contribution in [0.4, 0.5) is 5.82 Å². The number of hydrogen-bond donors (Lipinski definition) is 1. The summed E-state index contributed by atoms with van der Waals surface area (Å²) in [5.41, 5.74) is 1.06. The summed E-state index contributed by atoms with van der Waals surface area (Å²) in [4.78, 5) is 12.0. The third-order valence-corrected chi connectivity index (χ3v) is 3.66. The van der Waals surface area contributed by atoms with Gasteiger partial charge in [-0.1, -0.05) is 23.7 Å². The first-order valence-corrected chi connectivity index (χ1v) is 7.67. The molecule has 3 aromatic rings. The van der Waals surface area contributed by atoms with Crippen molar-refractivity contribution in [1.82, 2.24) is 9.78 Å². The fourth-order valence-electron chi connectivity index (χ4n) is 2.22. The number of amides is 1. The van der Waals surface area contributed by atoms with E-state index in [9.17, 15) is 4.79 Å². The van der Waals surface area contributed by atoms with Gasteiger partial charge in [0.1, 0.15) is 11.6 Å². The zero-order valence-electron chi connectivity index (χ0n) is 12.4. The minimum absolute atomic E-state index is 0.0701. The average Bonchev–Trinajstić information content (AvgIpc) is 3.20. The lowest BCUT2D eigenvalue weighted by Gasteiger charge is -2.09. The number of benzene rings is 1. The Hall–Kier alpha value is -2.53. The number of nitrogens with one attached hydrogen (secondary N) is 1. The van der Waals surface area contributed by atoms with Crippen LogP contribution >= 0.6 is 11.6 Å². The first-order chi connectivity index (χ1) is 11.2. The molecule has 2 heterocycles. The minimum atomic E-state index is -0.0701. The van der Waals surface area contributed by atoms with Gasteiger partial charge in [0, 0.05) is 23.9 Å². The van der Waals surface area contributed by atoms with Gasteiger partial charge in [-0.25, -0.2) is 4.68 Å². The van der Waals surface area contributed by atoms with Crippen molar-refractivity contribution in [2.45, 2.75) is 19.4 Å². The summed E-state index contributed by atoms with van der Waals surface area (Å²) in [5.74, 6) is 1.40. The van der Waals surface area contributed by atoms with Crippen LogP contribution in [-0.2, 0) is 17.8 Å². The fraction of sp³-hybridized carbons (Fsp3) is 0.176. The van der Waals surface area contributed by atoms with E-state index < -0.39 is 0 Å². The molecule has 2 aromatic heterocycles. The first kappa shape index (κ1) is 15.4. The molecule has 0 spiro atoms. The summed E-state index contributed by atoms with van der Waals surface area (Å²) in [6.07, 6.45) is 4.20. The van der Waals surface area contributed by atoms with E-state index in [4.69, 9.17) is 16.0 Å². The summed E-state index contributed by atoms with van der Waals surface area (Å²) in [6.45, 7) is 0.567. The highest BCUT2D eigenvalue weighted by Crippen LogP contribution is 2.14. The second-order valence-corrected chi connectivity index (χ2v) is 5.56. The second kappa shape index (κ2) is 7.15. The van der Waals surface area contributed by atoms with E-state index in [0.717, 1.165) is 11.3 Å². The molecule has 0 radical (unpaired) electrons. The Balaban J connectivity index is 1.59. The number of rotatable bonds is 6. The molecule has 0 fully saturated rings. The predicted molar refractivity (Wildman–Crippen MR) is 88.4 cm³/mol. The lowest BCUT2D eigenvalue weighted by atomic mass is 10.2. The highest BCUT2D eigenvalue weighted by Gasteiger charge is 2.09. The van der Waals surface area contributed by atoms with Crippen molar-refractivity contribution in [2.24, 2.45) is 0 Å². The molecule has 0 atom stereocenters. The fourth-order valence-corrected chi connectivity index (χ4v) is 2.35. The maximum absolute atomic E-state index is 12.0. The SMILES string of the molecule is O=C(CCc1ccco1)Nc1ccnn1Cc1ccc(Cl)cc1. The van der Waals surface area contributed by atoms with Crippen LogP contribution in [0.25, 0.3) is 0 Å². The quantitative estimate of drug-likeness (QED) is 0.749. The molecule has 0 unspecified atom stereocenters. The van der Waals surface area contributed by atoms with Gasteiger partial charge in [-0.15, -0.1) is 0 Å². The van der Waals surface area contributed by atoms with Crippen molar-refractivity contribution < 1.29 is 9.21 Å². The van der Waals surface area contributed by atoms with E-state index in [1.807, 2.05) is 36.4 Å². The van der Waals surface area contributed by atoms with Crippen LogP contribution in [0, 0.1) is 0 Å². The maximum Gasteiger partial charge on any atom is 0.225 e. The largest absolute Gasteiger partial charge is 0.469 e. The minimum Gasteiger partial charge on any atom is -0.469 e. The number of anilines is 1. The van der Waals surface area contributed by atoms with E-state index in [1.54, 1.807) is 23.2 Å². The molecule has 0 aliphatic rings. The Kier molecular flexibility index (Phi) is 4.78. The number of carbonyl (C=O) groups is 1. The van der Waals surface area contributed by atoms with E-state index >= 15 is 0 Å². The molecular formula is C17H16ClN3O2. The van der Waals surface area contributed by atoms with Crippen molar-refractivity contribution in [2.75, 3.05) is 5.32 Å². The number of carbonyl (C=O) groups excluding carboxylic acids is 1. The highest BCUT2D eigenvalue weighted by atomic mass is 35.5.